The maximum atomic E-state index is 13.3. The van der Waals surface area contributed by atoms with Crippen LogP contribution in [0, 0.1) is 5.82 Å². The van der Waals surface area contributed by atoms with Crippen molar-refractivity contribution in [2.75, 3.05) is 13.6 Å². The summed E-state index contributed by atoms with van der Waals surface area (Å²) in [6.45, 7) is 0.569. The van der Waals surface area contributed by atoms with E-state index >= 15 is 0 Å². The predicted molar refractivity (Wildman–Crippen MR) is 75.8 cm³/mol. The number of rotatable bonds is 6. The number of amides is 2. The molecule has 0 aliphatic heterocycles. The van der Waals surface area contributed by atoms with Crippen molar-refractivity contribution in [2.24, 2.45) is 0 Å². The maximum Gasteiger partial charge on any atom is 0.317 e. The summed E-state index contributed by atoms with van der Waals surface area (Å²) in [5, 5.41) is 11.1. The molecule has 0 aromatic heterocycles. The van der Waals surface area contributed by atoms with Crippen LogP contribution in [0.1, 0.15) is 18.4 Å². The molecule has 0 atom stereocenters. The molecule has 0 aliphatic rings. The van der Waals surface area contributed by atoms with Crippen LogP contribution in [0.4, 0.5) is 9.18 Å². The number of carbonyl (C=O) groups is 2. The molecule has 0 saturated heterocycles. The standard InChI is InChI=1S/C13H16BrFN2O3/c1-17(13(20)16-6-2-3-12(18)19)8-9-4-5-10(14)11(15)7-9/h4-5,7H,2-3,6,8H2,1H3,(H,16,20)(H,18,19). The molecule has 0 spiro atoms. The summed E-state index contributed by atoms with van der Waals surface area (Å²) in [5.74, 6) is -1.27. The lowest BCUT2D eigenvalue weighted by atomic mass is 10.2. The molecule has 1 aromatic carbocycles. The smallest absolute Gasteiger partial charge is 0.317 e. The van der Waals surface area contributed by atoms with Crippen molar-refractivity contribution in [1.29, 1.82) is 0 Å². The number of benzene rings is 1. The lowest BCUT2D eigenvalue weighted by Gasteiger charge is -2.18. The number of carbonyl (C=O) groups excluding carboxylic acids is 1. The van der Waals surface area contributed by atoms with E-state index in [1.807, 2.05) is 0 Å². The second kappa shape index (κ2) is 7.84. The van der Waals surface area contributed by atoms with Gasteiger partial charge in [-0.05, 0) is 40.0 Å². The van der Waals surface area contributed by atoms with E-state index in [4.69, 9.17) is 5.11 Å². The van der Waals surface area contributed by atoms with Crippen LogP contribution in [0.15, 0.2) is 22.7 Å². The molecule has 0 saturated carbocycles. The van der Waals surface area contributed by atoms with Crippen molar-refractivity contribution in [1.82, 2.24) is 10.2 Å². The van der Waals surface area contributed by atoms with Gasteiger partial charge in [0.15, 0.2) is 0 Å². The van der Waals surface area contributed by atoms with Crippen LogP contribution < -0.4 is 5.32 Å². The summed E-state index contributed by atoms with van der Waals surface area (Å²) in [7, 11) is 1.59. The molecule has 2 N–H and O–H groups in total. The van der Waals surface area contributed by atoms with Gasteiger partial charge in [-0.1, -0.05) is 6.07 Å². The van der Waals surface area contributed by atoms with Crippen LogP contribution in [0.25, 0.3) is 0 Å². The minimum atomic E-state index is -0.891. The van der Waals surface area contributed by atoms with E-state index in [0.29, 0.717) is 23.0 Å². The first-order chi connectivity index (χ1) is 9.40. The van der Waals surface area contributed by atoms with Gasteiger partial charge in [-0.2, -0.15) is 0 Å². The highest BCUT2D eigenvalue weighted by Gasteiger charge is 2.10. The van der Waals surface area contributed by atoms with Gasteiger partial charge in [-0.3, -0.25) is 4.79 Å². The van der Waals surface area contributed by atoms with E-state index in [-0.39, 0.29) is 24.8 Å². The van der Waals surface area contributed by atoms with E-state index in [0.717, 1.165) is 0 Å². The van der Waals surface area contributed by atoms with Crippen LogP contribution in [0.2, 0.25) is 0 Å². The number of nitrogens with zero attached hydrogens (tertiary/aromatic N) is 1. The summed E-state index contributed by atoms with van der Waals surface area (Å²) >= 11 is 3.06. The molecule has 2 amide bonds. The molecular weight excluding hydrogens is 331 g/mol. The average Bonchev–Trinajstić information content (AvgIpc) is 2.38. The molecule has 20 heavy (non-hydrogen) atoms. The highest BCUT2D eigenvalue weighted by atomic mass is 79.9. The van der Waals surface area contributed by atoms with E-state index in [1.165, 1.54) is 11.0 Å². The first-order valence-corrected chi connectivity index (χ1v) is 6.84. The first-order valence-electron chi connectivity index (χ1n) is 6.05. The normalized spacial score (nSPS) is 10.2. The Balaban J connectivity index is 2.41. The number of carboxylic acids is 1. The highest BCUT2D eigenvalue weighted by Crippen LogP contribution is 2.17. The Morgan fingerprint density at radius 3 is 2.75 bits per heavy atom. The lowest BCUT2D eigenvalue weighted by molar-refractivity contribution is -0.137. The molecule has 0 bridgehead atoms. The number of nitrogens with one attached hydrogen (secondary N) is 1. The second-order valence-corrected chi connectivity index (χ2v) is 5.19. The molecule has 0 fully saturated rings. The molecule has 1 rings (SSSR count). The number of hydrogen-bond acceptors (Lipinski definition) is 2. The number of halogens is 2. The largest absolute Gasteiger partial charge is 0.481 e. The number of urea groups is 1. The number of aliphatic carboxylic acids is 1. The Kier molecular flexibility index (Phi) is 6.44. The summed E-state index contributed by atoms with van der Waals surface area (Å²) in [5.41, 5.74) is 0.675. The van der Waals surface area contributed by atoms with Crippen molar-refractivity contribution in [3.63, 3.8) is 0 Å². The fraction of sp³-hybridized carbons (Fsp3) is 0.385. The minimum absolute atomic E-state index is 0.0158. The van der Waals surface area contributed by atoms with Crippen LogP contribution in [-0.2, 0) is 11.3 Å². The molecule has 0 radical (unpaired) electrons. The van der Waals surface area contributed by atoms with E-state index in [2.05, 4.69) is 21.2 Å². The second-order valence-electron chi connectivity index (χ2n) is 4.33. The van der Waals surface area contributed by atoms with Crippen molar-refractivity contribution in [3.8, 4) is 0 Å². The summed E-state index contributed by atoms with van der Waals surface area (Å²) in [6.07, 6.45) is 0.393. The van der Waals surface area contributed by atoms with Crippen molar-refractivity contribution in [2.45, 2.75) is 19.4 Å². The third-order valence-corrected chi connectivity index (χ3v) is 3.24. The monoisotopic (exact) mass is 346 g/mol. The molecule has 5 nitrogen and oxygen atoms in total. The Hall–Kier alpha value is -1.63. The fourth-order valence-corrected chi connectivity index (χ4v) is 1.80. The Morgan fingerprint density at radius 2 is 2.15 bits per heavy atom. The molecule has 110 valence electrons. The van der Waals surface area contributed by atoms with Crippen molar-refractivity contribution >= 4 is 27.9 Å². The Morgan fingerprint density at radius 1 is 1.45 bits per heavy atom. The summed E-state index contributed by atoms with van der Waals surface area (Å²) in [6, 6.07) is 4.35. The lowest BCUT2D eigenvalue weighted by Crippen LogP contribution is -2.37. The van der Waals surface area contributed by atoms with Gasteiger partial charge in [0.1, 0.15) is 5.82 Å². The number of carboxylic acid groups (broad SMARTS) is 1. The van der Waals surface area contributed by atoms with Crippen LogP contribution >= 0.6 is 15.9 Å². The van der Waals surface area contributed by atoms with Crippen molar-refractivity contribution < 1.29 is 19.1 Å². The van der Waals surface area contributed by atoms with Gasteiger partial charge in [0.05, 0.1) is 4.47 Å². The van der Waals surface area contributed by atoms with Crippen molar-refractivity contribution in [3.05, 3.63) is 34.1 Å². The average molecular weight is 347 g/mol. The van der Waals surface area contributed by atoms with Gasteiger partial charge in [0.25, 0.3) is 0 Å². The van der Waals surface area contributed by atoms with Gasteiger partial charge in [-0.25, -0.2) is 9.18 Å². The summed E-state index contributed by atoms with van der Waals surface area (Å²) < 4.78 is 13.7. The van der Waals surface area contributed by atoms with Gasteiger partial charge in [0, 0.05) is 26.6 Å². The molecule has 0 aliphatic carbocycles. The quantitative estimate of drug-likeness (QED) is 0.778. The third-order valence-electron chi connectivity index (χ3n) is 2.59. The fourth-order valence-electron chi connectivity index (χ4n) is 1.55. The highest BCUT2D eigenvalue weighted by molar-refractivity contribution is 9.10. The zero-order chi connectivity index (χ0) is 15.1. The molecule has 0 unspecified atom stereocenters. The zero-order valence-corrected chi connectivity index (χ0v) is 12.6. The van der Waals surface area contributed by atoms with Crippen LogP contribution in [-0.4, -0.2) is 35.6 Å². The van der Waals surface area contributed by atoms with E-state index in [1.54, 1.807) is 19.2 Å². The predicted octanol–water partition coefficient (Wildman–Crippen LogP) is 2.59. The maximum absolute atomic E-state index is 13.3. The Bertz CT molecular complexity index is 497. The van der Waals surface area contributed by atoms with E-state index in [9.17, 15) is 14.0 Å². The van der Waals surface area contributed by atoms with E-state index < -0.39 is 5.97 Å². The topological polar surface area (TPSA) is 69.6 Å². The van der Waals surface area contributed by atoms with Crippen LogP contribution in [0.3, 0.4) is 0 Å². The molecule has 1 aromatic rings. The van der Waals surface area contributed by atoms with Gasteiger partial charge in [-0.15, -0.1) is 0 Å². The Labute approximate surface area is 124 Å². The van der Waals surface area contributed by atoms with Gasteiger partial charge >= 0.3 is 12.0 Å². The first kappa shape index (κ1) is 16.4. The molecule has 0 heterocycles. The molecule has 7 heteroatoms. The minimum Gasteiger partial charge on any atom is -0.481 e. The number of hydrogen-bond donors (Lipinski definition) is 2. The summed E-state index contributed by atoms with van der Waals surface area (Å²) in [4.78, 5) is 23.4. The van der Waals surface area contributed by atoms with Gasteiger partial charge < -0.3 is 15.3 Å². The third kappa shape index (κ3) is 5.56. The SMILES string of the molecule is CN(Cc1ccc(Br)c(F)c1)C(=O)NCCCC(=O)O. The zero-order valence-electron chi connectivity index (χ0n) is 11.0. The van der Waals surface area contributed by atoms with Gasteiger partial charge in [0.2, 0.25) is 0 Å². The molecular formula is C13H16BrFN2O3. The van der Waals surface area contributed by atoms with Crippen LogP contribution in [0.5, 0.6) is 0 Å².